The summed E-state index contributed by atoms with van der Waals surface area (Å²) < 4.78 is 0. The van der Waals surface area contributed by atoms with Crippen molar-refractivity contribution >= 4 is 5.91 Å². The molecule has 0 aliphatic heterocycles. The molecule has 0 spiro atoms. The van der Waals surface area contributed by atoms with Gasteiger partial charge in [-0.2, -0.15) is 5.10 Å². The number of hydrogen-bond acceptors (Lipinski definition) is 3. The molecule has 106 valence electrons. The van der Waals surface area contributed by atoms with E-state index < -0.39 is 0 Å². The minimum absolute atomic E-state index is 0.0481. The Morgan fingerprint density at radius 3 is 2.60 bits per heavy atom. The highest BCUT2D eigenvalue weighted by atomic mass is 16.1. The van der Waals surface area contributed by atoms with Crippen LogP contribution in [-0.2, 0) is 0 Å². The van der Waals surface area contributed by atoms with E-state index in [4.69, 9.17) is 0 Å². The number of carbonyl (C=O) groups is 1. The molecule has 0 radical (unpaired) electrons. The fourth-order valence-electron chi connectivity index (χ4n) is 2.10. The Hall–Kier alpha value is -2.14. The van der Waals surface area contributed by atoms with Crippen LogP contribution in [0.25, 0.3) is 0 Å². The molecule has 0 aliphatic carbocycles. The van der Waals surface area contributed by atoms with Gasteiger partial charge in [0.1, 0.15) is 0 Å². The number of rotatable bonds is 5. The Morgan fingerprint density at radius 1 is 1.35 bits per heavy atom. The maximum absolute atomic E-state index is 12.3. The van der Waals surface area contributed by atoms with Gasteiger partial charge in [0.05, 0.1) is 17.8 Å². The third kappa shape index (κ3) is 3.45. The molecule has 1 unspecified atom stereocenters. The average Bonchev–Trinajstić information content (AvgIpc) is 2.85. The lowest BCUT2D eigenvalue weighted by Crippen LogP contribution is -2.35. The van der Waals surface area contributed by atoms with E-state index in [-0.39, 0.29) is 11.9 Å². The summed E-state index contributed by atoms with van der Waals surface area (Å²) in [4.78, 5) is 14.4. The number of amides is 1. The number of aromatic amines is 1. The highest BCUT2D eigenvalue weighted by Crippen LogP contribution is 2.15. The van der Waals surface area contributed by atoms with Crippen molar-refractivity contribution in [3.63, 3.8) is 0 Å². The van der Waals surface area contributed by atoms with Crippen LogP contribution < -0.4 is 5.32 Å². The van der Waals surface area contributed by atoms with Gasteiger partial charge in [-0.05, 0) is 26.6 Å². The lowest BCUT2D eigenvalue weighted by Gasteiger charge is -2.22. The molecule has 0 saturated heterocycles. The van der Waals surface area contributed by atoms with E-state index in [2.05, 4.69) is 20.4 Å². The molecule has 5 nitrogen and oxygen atoms in total. The molecule has 1 aromatic carbocycles. The minimum atomic E-state index is -0.105. The number of H-pyrrole nitrogens is 1. The Morgan fingerprint density at radius 2 is 2.05 bits per heavy atom. The van der Waals surface area contributed by atoms with Crippen LogP contribution in [0.2, 0.25) is 0 Å². The molecule has 1 heterocycles. The van der Waals surface area contributed by atoms with Crippen molar-refractivity contribution in [3.8, 4) is 0 Å². The molecule has 1 atom stereocenters. The van der Waals surface area contributed by atoms with Gasteiger partial charge >= 0.3 is 0 Å². The van der Waals surface area contributed by atoms with Crippen molar-refractivity contribution < 1.29 is 4.79 Å². The number of hydrogen-bond donors (Lipinski definition) is 2. The lowest BCUT2D eigenvalue weighted by molar-refractivity contribution is 0.0929. The van der Waals surface area contributed by atoms with Crippen LogP contribution in [0.15, 0.2) is 36.5 Å². The zero-order chi connectivity index (χ0) is 14.5. The third-order valence-corrected chi connectivity index (χ3v) is 3.13. The summed E-state index contributed by atoms with van der Waals surface area (Å²) in [7, 11) is 3.98. The first-order chi connectivity index (χ1) is 9.58. The molecule has 0 bridgehead atoms. The SMILES string of the molecule is Cc1[nH]ncc1C(=O)NC(CN(C)C)c1ccccc1. The van der Waals surface area contributed by atoms with Crippen LogP contribution in [0.1, 0.15) is 27.7 Å². The van der Waals surface area contributed by atoms with Gasteiger partial charge in [-0.15, -0.1) is 0 Å². The second-order valence-electron chi connectivity index (χ2n) is 5.11. The maximum Gasteiger partial charge on any atom is 0.255 e. The van der Waals surface area contributed by atoms with E-state index >= 15 is 0 Å². The van der Waals surface area contributed by atoms with Crippen LogP contribution >= 0.6 is 0 Å². The van der Waals surface area contributed by atoms with Crippen LogP contribution in [0.4, 0.5) is 0 Å². The number of aromatic nitrogens is 2. The molecule has 2 aromatic rings. The van der Waals surface area contributed by atoms with Crippen molar-refractivity contribution in [2.45, 2.75) is 13.0 Å². The Bertz CT molecular complexity index is 562. The summed E-state index contributed by atoms with van der Waals surface area (Å²) in [5.41, 5.74) is 2.46. The zero-order valence-electron chi connectivity index (χ0n) is 12.1. The van der Waals surface area contributed by atoms with E-state index in [1.165, 1.54) is 0 Å². The molecule has 0 fully saturated rings. The van der Waals surface area contributed by atoms with Gasteiger partial charge in [-0.3, -0.25) is 9.89 Å². The summed E-state index contributed by atoms with van der Waals surface area (Å²) in [6.45, 7) is 2.58. The predicted octanol–water partition coefficient (Wildman–Crippen LogP) is 1.75. The van der Waals surface area contributed by atoms with Crippen molar-refractivity contribution in [3.05, 3.63) is 53.3 Å². The number of likely N-dealkylation sites (N-methyl/N-ethyl adjacent to an activating group) is 1. The Balaban J connectivity index is 2.16. The Kier molecular flexibility index (Phi) is 4.53. The van der Waals surface area contributed by atoms with Crippen molar-refractivity contribution in [2.24, 2.45) is 0 Å². The number of nitrogens with zero attached hydrogens (tertiary/aromatic N) is 2. The first-order valence-electron chi connectivity index (χ1n) is 6.58. The highest BCUT2D eigenvalue weighted by Gasteiger charge is 2.18. The molecule has 1 amide bonds. The lowest BCUT2D eigenvalue weighted by atomic mass is 10.1. The van der Waals surface area contributed by atoms with E-state index in [1.807, 2.05) is 51.4 Å². The molecule has 2 N–H and O–H groups in total. The molecule has 20 heavy (non-hydrogen) atoms. The first kappa shape index (κ1) is 14.3. The average molecular weight is 272 g/mol. The van der Waals surface area contributed by atoms with Gasteiger partial charge in [0, 0.05) is 12.2 Å². The second-order valence-corrected chi connectivity index (χ2v) is 5.11. The molecule has 0 saturated carbocycles. The normalized spacial score (nSPS) is 12.4. The van der Waals surface area contributed by atoms with Gasteiger partial charge in [0.25, 0.3) is 5.91 Å². The quantitative estimate of drug-likeness (QED) is 0.871. The summed E-state index contributed by atoms with van der Waals surface area (Å²) in [5.74, 6) is -0.105. The monoisotopic (exact) mass is 272 g/mol. The third-order valence-electron chi connectivity index (χ3n) is 3.13. The van der Waals surface area contributed by atoms with Crippen LogP contribution in [0, 0.1) is 6.92 Å². The minimum Gasteiger partial charge on any atom is -0.344 e. The summed E-state index contributed by atoms with van der Waals surface area (Å²) >= 11 is 0. The fourth-order valence-corrected chi connectivity index (χ4v) is 2.10. The second kappa shape index (κ2) is 6.34. The number of carbonyl (C=O) groups excluding carboxylic acids is 1. The molecule has 0 aliphatic rings. The first-order valence-corrected chi connectivity index (χ1v) is 6.58. The molecule has 2 rings (SSSR count). The summed E-state index contributed by atoms with van der Waals surface area (Å²) in [6, 6.07) is 9.93. The van der Waals surface area contributed by atoms with Crippen molar-refractivity contribution in [2.75, 3.05) is 20.6 Å². The summed E-state index contributed by atoms with van der Waals surface area (Å²) in [6.07, 6.45) is 1.56. The van der Waals surface area contributed by atoms with E-state index in [0.29, 0.717) is 5.56 Å². The number of nitrogens with one attached hydrogen (secondary N) is 2. The number of aryl methyl sites for hydroxylation is 1. The van der Waals surface area contributed by atoms with Gasteiger partial charge in [-0.25, -0.2) is 0 Å². The van der Waals surface area contributed by atoms with E-state index in [9.17, 15) is 4.79 Å². The van der Waals surface area contributed by atoms with Crippen molar-refractivity contribution in [1.82, 2.24) is 20.4 Å². The highest BCUT2D eigenvalue weighted by molar-refractivity contribution is 5.95. The number of benzene rings is 1. The molecular weight excluding hydrogens is 252 g/mol. The van der Waals surface area contributed by atoms with Crippen LogP contribution in [0.5, 0.6) is 0 Å². The largest absolute Gasteiger partial charge is 0.344 e. The van der Waals surface area contributed by atoms with Gasteiger partial charge in [0.2, 0.25) is 0 Å². The maximum atomic E-state index is 12.3. The van der Waals surface area contributed by atoms with Gasteiger partial charge in [0.15, 0.2) is 0 Å². The van der Waals surface area contributed by atoms with Gasteiger partial charge < -0.3 is 10.2 Å². The summed E-state index contributed by atoms with van der Waals surface area (Å²) in [5, 5.41) is 9.74. The predicted molar refractivity (Wildman–Crippen MR) is 78.5 cm³/mol. The fraction of sp³-hybridized carbons (Fsp3) is 0.333. The Labute approximate surface area is 119 Å². The molecule has 1 aromatic heterocycles. The molecule has 5 heteroatoms. The van der Waals surface area contributed by atoms with Gasteiger partial charge in [-0.1, -0.05) is 30.3 Å². The van der Waals surface area contributed by atoms with Crippen LogP contribution in [0.3, 0.4) is 0 Å². The van der Waals surface area contributed by atoms with E-state index in [0.717, 1.165) is 17.8 Å². The standard InChI is InChI=1S/C15H20N4O/c1-11-13(9-16-18-11)15(20)17-14(10-19(2)3)12-7-5-4-6-8-12/h4-9,14H,10H2,1-3H3,(H,16,18)(H,17,20). The molecular formula is C15H20N4O. The smallest absolute Gasteiger partial charge is 0.255 e. The topological polar surface area (TPSA) is 61.0 Å². The van der Waals surface area contributed by atoms with Crippen LogP contribution in [-0.4, -0.2) is 41.6 Å². The van der Waals surface area contributed by atoms with E-state index in [1.54, 1.807) is 6.20 Å². The van der Waals surface area contributed by atoms with Crippen molar-refractivity contribution in [1.29, 1.82) is 0 Å². The zero-order valence-corrected chi connectivity index (χ0v) is 12.1.